The Morgan fingerprint density at radius 2 is 1.83 bits per heavy atom. The van der Waals surface area contributed by atoms with Gasteiger partial charge in [-0.1, -0.05) is 79.1 Å². The number of esters is 1. The van der Waals surface area contributed by atoms with Gasteiger partial charge in [-0.3, -0.25) is 0 Å². The lowest BCUT2D eigenvalue weighted by atomic mass is 9.87. The molecule has 0 atom stereocenters. The Balaban J connectivity index is 2.60. The van der Waals surface area contributed by atoms with E-state index in [1.165, 1.54) is 49.6 Å². The van der Waals surface area contributed by atoms with E-state index >= 15 is 0 Å². The summed E-state index contributed by atoms with van der Waals surface area (Å²) in [6, 6.07) is 10.7. The van der Waals surface area contributed by atoms with E-state index in [-0.39, 0.29) is 5.97 Å². The van der Waals surface area contributed by atoms with Gasteiger partial charge in [-0.25, -0.2) is 4.79 Å². The van der Waals surface area contributed by atoms with E-state index in [9.17, 15) is 4.79 Å². The predicted molar refractivity (Wildman–Crippen MR) is 104 cm³/mol. The third-order valence-electron chi connectivity index (χ3n) is 5.29. The van der Waals surface area contributed by atoms with Gasteiger partial charge in [0.15, 0.2) is 0 Å². The zero-order valence-electron chi connectivity index (χ0n) is 15.3. The van der Waals surface area contributed by atoms with Crippen LogP contribution in [-0.4, -0.2) is 21.2 Å². The van der Waals surface area contributed by atoms with Crippen LogP contribution >= 0.6 is 0 Å². The molecule has 24 heavy (non-hydrogen) atoms. The first-order valence-electron chi connectivity index (χ1n) is 9.00. The van der Waals surface area contributed by atoms with Gasteiger partial charge < -0.3 is 4.74 Å². The van der Waals surface area contributed by atoms with Crippen molar-refractivity contribution >= 4 is 19.2 Å². The van der Waals surface area contributed by atoms with Crippen molar-refractivity contribution in [2.75, 3.05) is 7.11 Å². The average molecular weight is 343 g/mol. The summed E-state index contributed by atoms with van der Waals surface area (Å²) < 4.78 is 5.15. The fourth-order valence-corrected chi connectivity index (χ4v) is 7.71. The van der Waals surface area contributed by atoms with Gasteiger partial charge in [0.25, 0.3) is 0 Å². The maximum absolute atomic E-state index is 12.6. The van der Waals surface area contributed by atoms with Crippen LogP contribution in [0.25, 0.3) is 0 Å². The third-order valence-corrected chi connectivity index (χ3v) is 9.12. The number of benzene rings is 1. The molecule has 2 rings (SSSR count). The summed E-state index contributed by atoms with van der Waals surface area (Å²) in [6.45, 7) is 8.62. The minimum atomic E-state index is -1.94. The molecule has 0 unspecified atom stereocenters. The van der Waals surface area contributed by atoms with E-state index in [2.05, 4.69) is 50.0 Å². The molecule has 0 radical (unpaired) electrons. The van der Waals surface area contributed by atoms with E-state index in [0.29, 0.717) is 12.3 Å². The normalized spacial score (nSPS) is 17.1. The minimum absolute atomic E-state index is 0.174. The predicted octanol–water partition coefficient (Wildman–Crippen LogP) is 4.77. The topological polar surface area (TPSA) is 26.3 Å². The Bertz CT molecular complexity index is 596. The van der Waals surface area contributed by atoms with E-state index < -0.39 is 8.07 Å². The van der Waals surface area contributed by atoms with Gasteiger partial charge in [-0.05, 0) is 25.2 Å². The fraction of sp³-hybridized carbons (Fsp3) is 0.476. The number of ether oxygens (including phenoxy) is 1. The van der Waals surface area contributed by atoms with E-state index in [0.717, 1.165) is 5.57 Å². The number of carbonyl (C=O) groups is 1. The van der Waals surface area contributed by atoms with E-state index in [1.807, 2.05) is 6.08 Å². The molecule has 0 aliphatic heterocycles. The van der Waals surface area contributed by atoms with Crippen LogP contribution in [0.15, 0.2) is 53.8 Å². The molecule has 1 saturated carbocycles. The smallest absolute Gasteiger partial charge is 0.333 e. The van der Waals surface area contributed by atoms with Crippen LogP contribution in [0.2, 0.25) is 13.1 Å². The SMILES string of the molecule is C=CC/C(C(=O)OC)=C(/C1CCCCC1)[Si](C)(C)c1ccccc1. The van der Waals surface area contributed by atoms with Gasteiger partial charge in [-0.15, -0.1) is 6.58 Å². The molecule has 1 aromatic rings. The molecule has 1 fully saturated rings. The molecule has 0 amide bonds. The summed E-state index contributed by atoms with van der Waals surface area (Å²) in [5.41, 5.74) is 0.861. The van der Waals surface area contributed by atoms with Gasteiger partial charge in [0, 0.05) is 5.57 Å². The number of hydrogen-bond donors (Lipinski definition) is 0. The molecule has 0 N–H and O–H groups in total. The van der Waals surface area contributed by atoms with Gasteiger partial charge in [-0.2, -0.15) is 0 Å². The number of carbonyl (C=O) groups excluding carboxylic acids is 1. The van der Waals surface area contributed by atoms with Gasteiger partial charge >= 0.3 is 5.97 Å². The molecule has 1 aromatic carbocycles. The standard InChI is InChI=1S/C21H30O2Si/c1-5-12-19(21(22)23-2)20(17-13-8-6-9-14-17)24(3,4)18-15-10-7-11-16-18/h5,7,10-11,15-17H,1,6,8-9,12-14H2,2-4H3/b20-19+. The molecule has 0 saturated heterocycles. The monoisotopic (exact) mass is 342 g/mol. The molecular formula is C21H30O2Si. The maximum atomic E-state index is 12.6. The largest absolute Gasteiger partial charge is 0.466 e. The number of methoxy groups -OCH3 is 1. The molecule has 2 nitrogen and oxygen atoms in total. The summed E-state index contributed by atoms with van der Waals surface area (Å²) >= 11 is 0. The van der Waals surface area contributed by atoms with Crippen molar-refractivity contribution < 1.29 is 9.53 Å². The van der Waals surface area contributed by atoms with Crippen molar-refractivity contribution in [2.45, 2.75) is 51.6 Å². The van der Waals surface area contributed by atoms with Crippen LogP contribution in [0.3, 0.4) is 0 Å². The van der Waals surface area contributed by atoms with Gasteiger partial charge in [0.2, 0.25) is 0 Å². The molecule has 130 valence electrons. The fourth-order valence-electron chi connectivity index (χ4n) is 4.11. The quantitative estimate of drug-likeness (QED) is 0.322. The van der Waals surface area contributed by atoms with Crippen molar-refractivity contribution in [3.63, 3.8) is 0 Å². The van der Waals surface area contributed by atoms with Crippen molar-refractivity contribution in [3.05, 3.63) is 53.8 Å². The van der Waals surface area contributed by atoms with Crippen LogP contribution in [0, 0.1) is 5.92 Å². The summed E-state index contributed by atoms with van der Waals surface area (Å²) in [6.07, 6.45) is 8.65. The second-order valence-corrected chi connectivity index (χ2v) is 11.6. The van der Waals surface area contributed by atoms with Crippen LogP contribution in [0.4, 0.5) is 0 Å². The van der Waals surface area contributed by atoms with E-state index in [4.69, 9.17) is 4.74 Å². The molecular weight excluding hydrogens is 312 g/mol. The zero-order valence-corrected chi connectivity index (χ0v) is 16.3. The molecule has 1 aliphatic carbocycles. The second kappa shape index (κ2) is 8.47. The first-order valence-corrected chi connectivity index (χ1v) is 12.0. The summed E-state index contributed by atoms with van der Waals surface area (Å²) in [5, 5.41) is 2.77. The Morgan fingerprint density at radius 3 is 2.38 bits per heavy atom. The Labute approximate surface area is 147 Å². The van der Waals surface area contributed by atoms with Crippen LogP contribution in [0.1, 0.15) is 38.5 Å². The van der Waals surface area contributed by atoms with Crippen molar-refractivity contribution in [1.82, 2.24) is 0 Å². The Hall–Kier alpha value is -1.61. The van der Waals surface area contributed by atoms with Crippen LogP contribution in [-0.2, 0) is 9.53 Å². The molecule has 0 bridgehead atoms. The lowest BCUT2D eigenvalue weighted by Gasteiger charge is -2.36. The van der Waals surface area contributed by atoms with Gasteiger partial charge in [0.05, 0.1) is 7.11 Å². The molecule has 3 heteroatoms. The third kappa shape index (κ3) is 4.07. The van der Waals surface area contributed by atoms with Gasteiger partial charge in [0.1, 0.15) is 8.07 Å². The number of hydrogen-bond acceptors (Lipinski definition) is 2. The maximum Gasteiger partial charge on any atom is 0.333 e. The Kier molecular flexibility index (Phi) is 6.61. The Morgan fingerprint density at radius 1 is 1.21 bits per heavy atom. The average Bonchev–Trinajstić information content (AvgIpc) is 2.62. The highest BCUT2D eigenvalue weighted by atomic mass is 28.3. The van der Waals surface area contributed by atoms with E-state index in [1.54, 1.807) is 0 Å². The zero-order chi connectivity index (χ0) is 17.6. The summed E-state index contributed by atoms with van der Waals surface area (Å²) in [4.78, 5) is 12.6. The highest BCUT2D eigenvalue weighted by Crippen LogP contribution is 2.37. The first-order chi connectivity index (χ1) is 11.5. The second-order valence-electron chi connectivity index (χ2n) is 7.20. The first kappa shape index (κ1) is 18.7. The molecule has 0 aromatic heterocycles. The van der Waals surface area contributed by atoms with Crippen molar-refractivity contribution in [2.24, 2.45) is 5.92 Å². The number of allylic oxidation sites excluding steroid dienone is 2. The van der Waals surface area contributed by atoms with Crippen LogP contribution < -0.4 is 5.19 Å². The molecule has 0 heterocycles. The van der Waals surface area contributed by atoms with Crippen molar-refractivity contribution in [1.29, 1.82) is 0 Å². The minimum Gasteiger partial charge on any atom is -0.466 e. The summed E-state index contributed by atoms with van der Waals surface area (Å²) in [5.74, 6) is 0.335. The lowest BCUT2D eigenvalue weighted by molar-refractivity contribution is -0.136. The highest BCUT2D eigenvalue weighted by molar-refractivity contribution is 6.96. The lowest BCUT2D eigenvalue weighted by Crippen LogP contribution is -2.47. The van der Waals surface area contributed by atoms with Crippen LogP contribution in [0.5, 0.6) is 0 Å². The molecule has 0 spiro atoms. The summed E-state index contributed by atoms with van der Waals surface area (Å²) in [7, 11) is -0.458. The van der Waals surface area contributed by atoms with Crippen molar-refractivity contribution in [3.8, 4) is 0 Å². The number of rotatable bonds is 6. The molecule has 1 aliphatic rings. The highest BCUT2D eigenvalue weighted by Gasteiger charge is 2.37.